The van der Waals surface area contributed by atoms with Crippen LogP contribution in [0.3, 0.4) is 0 Å². The Hall–Kier alpha value is -2.29. The van der Waals surface area contributed by atoms with E-state index in [2.05, 4.69) is 24.4 Å². The van der Waals surface area contributed by atoms with E-state index in [1.807, 2.05) is 37.3 Å². The van der Waals surface area contributed by atoms with Crippen molar-refractivity contribution in [2.24, 2.45) is 0 Å². The Morgan fingerprint density at radius 1 is 1.15 bits per heavy atom. The Morgan fingerprint density at radius 2 is 1.85 bits per heavy atom. The molecule has 3 nitrogen and oxygen atoms in total. The van der Waals surface area contributed by atoms with Gasteiger partial charge in [0.1, 0.15) is 0 Å². The molecule has 0 fully saturated rings. The van der Waals surface area contributed by atoms with E-state index < -0.39 is 0 Å². The molecule has 0 spiro atoms. The van der Waals surface area contributed by atoms with Gasteiger partial charge in [0.05, 0.1) is 5.56 Å². The van der Waals surface area contributed by atoms with Crippen LogP contribution in [0, 0.1) is 6.92 Å². The lowest BCUT2D eigenvalue weighted by Gasteiger charge is -2.14. The summed E-state index contributed by atoms with van der Waals surface area (Å²) in [4.78, 5) is 12.2. The summed E-state index contributed by atoms with van der Waals surface area (Å²) in [6, 6.07) is 15.6. The van der Waals surface area contributed by atoms with Gasteiger partial charge in [-0.1, -0.05) is 49.4 Å². The minimum atomic E-state index is -0.117. The minimum absolute atomic E-state index is 0.117. The average Bonchev–Trinajstić information content (AvgIpc) is 2.48. The molecule has 0 bridgehead atoms. The number of nitrogens with two attached hydrogens (primary N) is 1. The number of nitrogens with one attached hydrogen (secondary N) is 1. The molecule has 0 radical (unpaired) electrons. The zero-order valence-corrected chi connectivity index (χ0v) is 11.9. The number of anilines is 1. The van der Waals surface area contributed by atoms with Crippen molar-refractivity contribution in [2.45, 2.75) is 19.8 Å². The van der Waals surface area contributed by atoms with Crippen LogP contribution in [0.4, 0.5) is 5.69 Å². The Labute approximate surface area is 119 Å². The van der Waals surface area contributed by atoms with Gasteiger partial charge in [-0.05, 0) is 30.0 Å². The molecule has 3 N–H and O–H groups in total. The molecule has 0 saturated carbocycles. The van der Waals surface area contributed by atoms with E-state index >= 15 is 0 Å². The molecule has 2 aromatic carbocycles. The molecule has 0 heterocycles. The lowest BCUT2D eigenvalue weighted by atomic mass is 10.0. The third-order valence-electron chi connectivity index (χ3n) is 3.51. The van der Waals surface area contributed by atoms with Gasteiger partial charge in [-0.25, -0.2) is 0 Å². The van der Waals surface area contributed by atoms with E-state index in [0.717, 1.165) is 5.56 Å². The van der Waals surface area contributed by atoms with Crippen LogP contribution < -0.4 is 11.1 Å². The van der Waals surface area contributed by atoms with E-state index in [-0.39, 0.29) is 11.8 Å². The summed E-state index contributed by atoms with van der Waals surface area (Å²) in [6.07, 6.45) is 0. The first kappa shape index (κ1) is 14.1. The zero-order chi connectivity index (χ0) is 14.5. The molecule has 3 heteroatoms. The van der Waals surface area contributed by atoms with Crippen LogP contribution in [0.25, 0.3) is 0 Å². The predicted octanol–water partition coefficient (Wildman–Crippen LogP) is 3.11. The average molecular weight is 268 g/mol. The number of hydrogen-bond donors (Lipinski definition) is 2. The summed E-state index contributed by atoms with van der Waals surface area (Å²) in [6.45, 7) is 4.59. The first-order valence-corrected chi connectivity index (χ1v) is 6.78. The van der Waals surface area contributed by atoms with Gasteiger partial charge < -0.3 is 11.1 Å². The number of para-hydroxylation sites is 1. The van der Waals surface area contributed by atoms with Crippen molar-refractivity contribution in [2.75, 3.05) is 12.3 Å². The Balaban J connectivity index is 2.01. The number of rotatable bonds is 4. The van der Waals surface area contributed by atoms with E-state index in [1.54, 1.807) is 6.07 Å². The third-order valence-corrected chi connectivity index (χ3v) is 3.51. The van der Waals surface area contributed by atoms with Gasteiger partial charge in [0.25, 0.3) is 5.91 Å². The van der Waals surface area contributed by atoms with E-state index in [9.17, 15) is 4.79 Å². The van der Waals surface area contributed by atoms with Crippen LogP contribution in [-0.4, -0.2) is 12.5 Å². The largest absolute Gasteiger partial charge is 0.398 e. The zero-order valence-electron chi connectivity index (χ0n) is 11.9. The van der Waals surface area contributed by atoms with Crippen molar-refractivity contribution >= 4 is 11.6 Å². The number of amides is 1. The fraction of sp³-hybridized carbons (Fsp3) is 0.235. The molecule has 1 amide bonds. The first-order chi connectivity index (χ1) is 9.59. The maximum Gasteiger partial charge on any atom is 0.253 e. The Morgan fingerprint density at radius 3 is 2.55 bits per heavy atom. The third kappa shape index (κ3) is 3.18. The second kappa shape index (κ2) is 6.24. The number of benzene rings is 2. The highest BCUT2D eigenvalue weighted by molar-refractivity contribution is 5.99. The number of carbonyl (C=O) groups excluding carboxylic acids is 1. The number of carbonyl (C=O) groups is 1. The molecule has 1 unspecified atom stereocenters. The first-order valence-electron chi connectivity index (χ1n) is 6.78. The molecule has 0 aliphatic heterocycles. The van der Waals surface area contributed by atoms with E-state index in [1.165, 1.54) is 5.56 Å². The summed E-state index contributed by atoms with van der Waals surface area (Å²) in [5.74, 6) is 0.153. The topological polar surface area (TPSA) is 55.1 Å². The molecule has 0 aliphatic rings. The van der Waals surface area contributed by atoms with Crippen molar-refractivity contribution in [1.29, 1.82) is 0 Å². The molecule has 104 valence electrons. The molecule has 2 aromatic rings. The SMILES string of the molecule is Cc1cccc(C(=O)NCC(C)c2ccccc2)c1N. The highest BCUT2D eigenvalue weighted by Crippen LogP contribution is 2.17. The summed E-state index contributed by atoms with van der Waals surface area (Å²) in [5, 5.41) is 2.95. The van der Waals surface area contributed by atoms with Crippen LogP contribution >= 0.6 is 0 Å². The normalized spacial score (nSPS) is 11.9. The number of aryl methyl sites for hydroxylation is 1. The van der Waals surface area contributed by atoms with Crippen LogP contribution in [-0.2, 0) is 0 Å². The molecule has 0 aromatic heterocycles. The van der Waals surface area contributed by atoms with Gasteiger partial charge >= 0.3 is 0 Å². The number of hydrogen-bond acceptors (Lipinski definition) is 2. The van der Waals surface area contributed by atoms with Crippen molar-refractivity contribution in [3.05, 3.63) is 65.2 Å². The Kier molecular flexibility index (Phi) is 4.41. The smallest absolute Gasteiger partial charge is 0.253 e. The van der Waals surface area contributed by atoms with Crippen LogP contribution in [0.15, 0.2) is 48.5 Å². The van der Waals surface area contributed by atoms with E-state index in [0.29, 0.717) is 17.8 Å². The van der Waals surface area contributed by atoms with Crippen molar-refractivity contribution < 1.29 is 4.79 Å². The summed E-state index contributed by atoms with van der Waals surface area (Å²) >= 11 is 0. The minimum Gasteiger partial charge on any atom is -0.398 e. The van der Waals surface area contributed by atoms with Gasteiger partial charge in [0, 0.05) is 12.2 Å². The summed E-state index contributed by atoms with van der Waals surface area (Å²) < 4.78 is 0. The van der Waals surface area contributed by atoms with Crippen molar-refractivity contribution in [1.82, 2.24) is 5.32 Å². The summed E-state index contributed by atoms with van der Waals surface area (Å²) in [5.41, 5.74) is 9.18. The van der Waals surface area contributed by atoms with Gasteiger partial charge in [-0.3, -0.25) is 4.79 Å². The van der Waals surface area contributed by atoms with Crippen molar-refractivity contribution in [3.8, 4) is 0 Å². The highest BCUT2D eigenvalue weighted by atomic mass is 16.1. The van der Waals surface area contributed by atoms with Crippen LogP contribution in [0.1, 0.15) is 34.3 Å². The molecule has 20 heavy (non-hydrogen) atoms. The maximum absolute atomic E-state index is 12.2. The molecular weight excluding hydrogens is 248 g/mol. The Bertz CT molecular complexity index is 593. The number of nitrogen functional groups attached to an aromatic ring is 1. The lowest BCUT2D eigenvalue weighted by Crippen LogP contribution is -2.28. The quantitative estimate of drug-likeness (QED) is 0.837. The summed E-state index contributed by atoms with van der Waals surface area (Å²) in [7, 11) is 0. The van der Waals surface area contributed by atoms with E-state index in [4.69, 9.17) is 5.73 Å². The standard InChI is InChI=1S/C17H20N2O/c1-12-7-6-10-15(16(12)18)17(20)19-11-13(2)14-8-4-3-5-9-14/h3-10,13H,11,18H2,1-2H3,(H,19,20). The maximum atomic E-state index is 12.2. The fourth-order valence-corrected chi connectivity index (χ4v) is 2.12. The van der Waals surface area contributed by atoms with Gasteiger partial charge in [-0.2, -0.15) is 0 Å². The molecule has 1 atom stereocenters. The van der Waals surface area contributed by atoms with Crippen LogP contribution in [0.2, 0.25) is 0 Å². The molecule has 0 saturated heterocycles. The highest BCUT2D eigenvalue weighted by Gasteiger charge is 2.12. The van der Waals surface area contributed by atoms with Gasteiger partial charge in [0.2, 0.25) is 0 Å². The van der Waals surface area contributed by atoms with Crippen molar-refractivity contribution in [3.63, 3.8) is 0 Å². The lowest BCUT2D eigenvalue weighted by molar-refractivity contribution is 0.0952. The molecular formula is C17H20N2O. The fourth-order valence-electron chi connectivity index (χ4n) is 2.12. The molecule has 0 aliphatic carbocycles. The van der Waals surface area contributed by atoms with Gasteiger partial charge in [0.15, 0.2) is 0 Å². The van der Waals surface area contributed by atoms with Gasteiger partial charge in [-0.15, -0.1) is 0 Å². The predicted molar refractivity (Wildman–Crippen MR) is 82.8 cm³/mol. The molecule has 2 rings (SSSR count). The second-order valence-electron chi connectivity index (χ2n) is 5.06. The second-order valence-corrected chi connectivity index (χ2v) is 5.06. The van der Waals surface area contributed by atoms with Crippen LogP contribution in [0.5, 0.6) is 0 Å². The monoisotopic (exact) mass is 268 g/mol.